The fourth-order valence-electron chi connectivity index (χ4n) is 2.03. The first-order valence-corrected chi connectivity index (χ1v) is 7.66. The van der Waals surface area contributed by atoms with E-state index in [9.17, 15) is 10.2 Å². The molecule has 3 rings (SSSR count). The van der Waals surface area contributed by atoms with Crippen LogP contribution in [-0.4, -0.2) is 20.4 Å². The van der Waals surface area contributed by atoms with Crippen LogP contribution in [0.15, 0.2) is 51.4 Å². The van der Waals surface area contributed by atoms with E-state index in [1.54, 1.807) is 30.3 Å². The normalized spacial score (nSPS) is 10.8. The van der Waals surface area contributed by atoms with Crippen LogP contribution in [0, 0.1) is 0 Å². The third kappa shape index (κ3) is 2.82. The minimum absolute atomic E-state index is 0.197. The molecule has 0 atom stereocenters. The minimum Gasteiger partial charge on any atom is -0.508 e. The topological polar surface area (TPSA) is 69.1 Å². The highest BCUT2D eigenvalue weighted by molar-refractivity contribution is 9.11. The smallest absolute Gasteiger partial charge is 0.116 e. The number of phenols is 2. The maximum absolute atomic E-state index is 9.44. The average Bonchev–Trinajstić information content (AvgIpc) is 2.87. The van der Waals surface area contributed by atoms with Crippen LogP contribution in [-0.2, 0) is 0 Å². The van der Waals surface area contributed by atoms with E-state index < -0.39 is 0 Å². The molecule has 0 amide bonds. The Balaban J connectivity index is 2.03. The Kier molecular flexibility index (Phi) is 3.73. The Morgan fingerprint density at radius 1 is 0.810 bits per heavy atom. The summed E-state index contributed by atoms with van der Waals surface area (Å²) < 4.78 is 1.55. The third-order valence-corrected chi connectivity index (χ3v) is 4.36. The molecule has 0 fully saturated rings. The SMILES string of the molecule is Oc1ccc(-c2cc(-c3ccc(O)cc3Br)[nH]n2)c(Br)c1. The molecule has 21 heavy (non-hydrogen) atoms. The Morgan fingerprint density at radius 2 is 1.38 bits per heavy atom. The molecule has 2 aromatic carbocycles. The Labute approximate surface area is 137 Å². The summed E-state index contributed by atoms with van der Waals surface area (Å²) in [5.74, 6) is 0.398. The van der Waals surface area contributed by atoms with Gasteiger partial charge in [-0.1, -0.05) is 0 Å². The Morgan fingerprint density at radius 3 is 1.95 bits per heavy atom. The van der Waals surface area contributed by atoms with Gasteiger partial charge in [0.2, 0.25) is 0 Å². The summed E-state index contributed by atoms with van der Waals surface area (Å²) in [7, 11) is 0. The fourth-order valence-corrected chi connectivity index (χ4v) is 3.18. The van der Waals surface area contributed by atoms with Gasteiger partial charge >= 0.3 is 0 Å². The van der Waals surface area contributed by atoms with Gasteiger partial charge in [-0.15, -0.1) is 0 Å². The molecule has 0 aliphatic carbocycles. The summed E-state index contributed by atoms with van der Waals surface area (Å²) in [6.45, 7) is 0. The van der Waals surface area contributed by atoms with Crippen molar-refractivity contribution in [3.05, 3.63) is 51.4 Å². The van der Waals surface area contributed by atoms with E-state index in [2.05, 4.69) is 42.1 Å². The molecule has 0 aliphatic rings. The number of aromatic nitrogens is 2. The maximum atomic E-state index is 9.44. The fraction of sp³-hybridized carbons (Fsp3) is 0. The van der Waals surface area contributed by atoms with E-state index in [-0.39, 0.29) is 11.5 Å². The van der Waals surface area contributed by atoms with Crippen molar-refractivity contribution >= 4 is 31.9 Å². The van der Waals surface area contributed by atoms with E-state index in [0.29, 0.717) is 0 Å². The summed E-state index contributed by atoms with van der Waals surface area (Å²) in [6, 6.07) is 12.0. The zero-order chi connectivity index (χ0) is 15.0. The monoisotopic (exact) mass is 408 g/mol. The maximum Gasteiger partial charge on any atom is 0.116 e. The quantitative estimate of drug-likeness (QED) is 0.575. The Hall–Kier alpha value is -1.79. The van der Waals surface area contributed by atoms with Gasteiger partial charge < -0.3 is 10.2 Å². The van der Waals surface area contributed by atoms with Crippen LogP contribution in [0.4, 0.5) is 0 Å². The van der Waals surface area contributed by atoms with E-state index >= 15 is 0 Å². The standard InChI is InChI=1S/C15H10Br2N2O2/c16-12-5-8(20)1-3-10(12)14-7-15(19-18-14)11-4-2-9(21)6-13(11)17/h1-7,20-21H,(H,18,19). The lowest BCUT2D eigenvalue weighted by Gasteiger charge is -2.02. The van der Waals surface area contributed by atoms with E-state index in [0.717, 1.165) is 31.5 Å². The molecule has 0 aliphatic heterocycles. The van der Waals surface area contributed by atoms with E-state index in [4.69, 9.17) is 0 Å². The molecule has 0 spiro atoms. The van der Waals surface area contributed by atoms with Gasteiger partial charge in [0, 0.05) is 20.1 Å². The van der Waals surface area contributed by atoms with Crippen LogP contribution >= 0.6 is 31.9 Å². The number of halogens is 2. The lowest BCUT2D eigenvalue weighted by atomic mass is 10.1. The summed E-state index contributed by atoms with van der Waals surface area (Å²) in [5, 5.41) is 26.2. The second kappa shape index (κ2) is 5.54. The first-order valence-electron chi connectivity index (χ1n) is 6.08. The van der Waals surface area contributed by atoms with Crippen molar-refractivity contribution in [2.45, 2.75) is 0 Å². The van der Waals surface area contributed by atoms with Crippen LogP contribution < -0.4 is 0 Å². The van der Waals surface area contributed by atoms with E-state index in [1.165, 1.54) is 0 Å². The number of nitrogens with one attached hydrogen (secondary N) is 1. The number of benzene rings is 2. The van der Waals surface area contributed by atoms with E-state index in [1.807, 2.05) is 12.1 Å². The molecular weight excluding hydrogens is 400 g/mol. The largest absolute Gasteiger partial charge is 0.508 e. The van der Waals surface area contributed by atoms with Crippen LogP contribution in [0.1, 0.15) is 0 Å². The number of nitrogens with zero attached hydrogens (tertiary/aromatic N) is 1. The molecule has 6 heteroatoms. The van der Waals surface area contributed by atoms with Crippen molar-refractivity contribution in [2.24, 2.45) is 0 Å². The number of hydrogen-bond acceptors (Lipinski definition) is 3. The summed E-state index contributed by atoms with van der Waals surface area (Å²) in [5.41, 5.74) is 3.38. The summed E-state index contributed by atoms with van der Waals surface area (Å²) in [6.07, 6.45) is 0. The number of aromatic hydroxyl groups is 2. The highest BCUT2D eigenvalue weighted by Crippen LogP contribution is 2.34. The lowest BCUT2D eigenvalue weighted by molar-refractivity contribution is 0.474. The molecule has 0 unspecified atom stereocenters. The lowest BCUT2D eigenvalue weighted by Crippen LogP contribution is -1.80. The van der Waals surface area contributed by atoms with Crippen molar-refractivity contribution < 1.29 is 10.2 Å². The predicted molar refractivity (Wildman–Crippen MR) is 88.2 cm³/mol. The predicted octanol–water partition coefficient (Wildman–Crippen LogP) is 4.68. The number of phenolic OH excluding ortho intramolecular Hbond substituents is 2. The number of aromatic amines is 1. The molecule has 0 saturated carbocycles. The van der Waals surface area contributed by atoms with Gasteiger partial charge in [-0.05, 0) is 74.3 Å². The molecule has 0 bridgehead atoms. The van der Waals surface area contributed by atoms with Gasteiger partial charge in [0.15, 0.2) is 0 Å². The van der Waals surface area contributed by atoms with Crippen molar-refractivity contribution in [3.63, 3.8) is 0 Å². The first kappa shape index (κ1) is 14.2. The van der Waals surface area contributed by atoms with Crippen LogP contribution in [0.2, 0.25) is 0 Å². The van der Waals surface area contributed by atoms with Crippen molar-refractivity contribution in [1.82, 2.24) is 10.2 Å². The number of hydrogen-bond donors (Lipinski definition) is 3. The molecule has 1 aromatic heterocycles. The summed E-state index contributed by atoms with van der Waals surface area (Å²) >= 11 is 6.84. The Bertz CT molecular complexity index is 749. The molecule has 1 heterocycles. The van der Waals surface area contributed by atoms with Crippen LogP contribution in [0.5, 0.6) is 11.5 Å². The second-order valence-corrected chi connectivity index (χ2v) is 6.20. The summed E-state index contributed by atoms with van der Waals surface area (Å²) in [4.78, 5) is 0. The zero-order valence-electron chi connectivity index (χ0n) is 10.6. The molecule has 0 radical (unpaired) electrons. The number of H-pyrrole nitrogens is 1. The average molecular weight is 410 g/mol. The number of rotatable bonds is 2. The highest BCUT2D eigenvalue weighted by Gasteiger charge is 2.11. The van der Waals surface area contributed by atoms with Gasteiger partial charge in [0.1, 0.15) is 11.5 Å². The first-order chi connectivity index (χ1) is 10.0. The van der Waals surface area contributed by atoms with Gasteiger partial charge in [-0.25, -0.2) is 0 Å². The van der Waals surface area contributed by atoms with Gasteiger partial charge in [0.05, 0.1) is 11.4 Å². The van der Waals surface area contributed by atoms with Gasteiger partial charge in [-0.2, -0.15) is 5.10 Å². The second-order valence-electron chi connectivity index (χ2n) is 4.50. The van der Waals surface area contributed by atoms with Gasteiger partial charge in [0.25, 0.3) is 0 Å². The van der Waals surface area contributed by atoms with Gasteiger partial charge in [-0.3, -0.25) is 5.10 Å². The van der Waals surface area contributed by atoms with Crippen molar-refractivity contribution in [2.75, 3.05) is 0 Å². The third-order valence-electron chi connectivity index (χ3n) is 3.05. The molecular formula is C15H10Br2N2O2. The molecule has 106 valence electrons. The van der Waals surface area contributed by atoms with Crippen molar-refractivity contribution in [1.29, 1.82) is 0 Å². The highest BCUT2D eigenvalue weighted by atomic mass is 79.9. The van der Waals surface area contributed by atoms with Crippen molar-refractivity contribution in [3.8, 4) is 34.0 Å². The van der Waals surface area contributed by atoms with Crippen LogP contribution in [0.3, 0.4) is 0 Å². The molecule has 3 N–H and O–H groups in total. The van der Waals surface area contributed by atoms with Crippen LogP contribution in [0.25, 0.3) is 22.5 Å². The minimum atomic E-state index is 0.197. The molecule has 3 aromatic rings. The molecule has 0 saturated heterocycles. The molecule has 4 nitrogen and oxygen atoms in total. The zero-order valence-corrected chi connectivity index (χ0v) is 13.8.